The minimum Gasteiger partial charge on any atom is -0.325 e. The smallest absolute Gasteiger partial charge is 0.0194 e. The van der Waals surface area contributed by atoms with Gasteiger partial charge in [0, 0.05) is 6.04 Å². The summed E-state index contributed by atoms with van der Waals surface area (Å²) < 4.78 is 0. The van der Waals surface area contributed by atoms with Crippen LogP contribution in [-0.2, 0) is 0 Å². The zero-order valence-corrected chi connectivity index (χ0v) is 7.14. The monoisotopic (exact) mass is 141 g/mol. The van der Waals surface area contributed by atoms with Crippen LogP contribution in [0.5, 0.6) is 0 Å². The van der Waals surface area contributed by atoms with Crippen molar-refractivity contribution < 1.29 is 0 Å². The van der Waals surface area contributed by atoms with Gasteiger partial charge in [-0.2, -0.15) is 0 Å². The maximum absolute atomic E-state index is 5.52. The first-order valence-electron chi connectivity index (χ1n) is 4.19. The summed E-state index contributed by atoms with van der Waals surface area (Å²) in [6.45, 7) is 4.21. The average molecular weight is 141 g/mol. The van der Waals surface area contributed by atoms with Crippen LogP contribution in [0.4, 0.5) is 0 Å². The minimum absolute atomic E-state index is 0.224. The molecule has 0 aliphatic heterocycles. The molecule has 0 aliphatic rings. The number of unbranched alkanes of at least 4 members (excludes halogenated alkanes) is 3. The van der Waals surface area contributed by atoms with Gasteiger partial charge in [0.05, 0.1) is 0 Å². The molecule has 0 saturated heterocycles. The minimum atomic E-state index is 0.224. The van der Waals surface area contributed by atoms with Gasteiger partial charge in [0.1, 0.15) is 0 Å². The molecule has 1 atom stereocenters. The van der Waals surface area contributed by atoms with Gasteiger partial charge >= 0.3 is 0 Å². The summed E-state index contributed by atoms with van der Waals surface area (Å²) in [5.41, 5.74) is 5.52. The molecule has 2 N–H and O–H groups in total. The molecule has 1 unspecified atom stereocenters. The summed E-state index contributed by atoms with van der Waals surface area (Å²) in [5, 5.41) is 0. The predicted molar refractivity (Wildman–Crippen MR) is 46.9 cm³/mol. The molecule has 0 bridgehead atoms. The van der Waals surface area contributed by atoms with Crippen molar-refractivity contribution in [2.24, 2.45) is 5.73 Å². The van der Waals surface area contributed by atoms with E-state index in [-0.39, 0.29) is 6.04 Å². The van der Waals surface area contributed by atoms with Gasteiger partial charge in [0.2, 0.25) is 0 Å². The number of nitrogens with two attached hydrogens (primary N) is 1. The molecular formula is C9H19N. The van der Waals surface area contributed by atoms with Gasteiger partial charge in [0.15, 0.2) is 0 Å². The van der Waals surface area contributed by atoms with E-state index >= 15 is 0 Å². The lowest BCUT2D eigenvalue weighted by atomic mass is 10.2. The highest BCUT2D eigenvalue weighted by atomic mass is 14.6. The molecule has 60 valence electrons. The summed E-state index contributed by atoms with van der Waals surface area (Å²) in [4.78, 5) is 0. The second kappa shape index (κ2) is 6.81. The highest BCUT2D eigenvalue weighted by Crippen LogP contribution is 1.99. The normalized spacial score (nSPS) is 14.3. The Labute approximate surface area is 64.3 Å². The van der Waals surface area contributed by atoms with E-state index < -0.39 is 0 Å². The maximum Gasteiger partial charge on any atom is 0.0194 e. The number of rotatable bonds is 5. The number of hydrogen-bond donors (Lipinski definition) is 1. The van der Waals surface area contributed by atoms with Crippen molar-refractivity contribution in [3.8, 4) is 0 Å². The molecule has 0 aromatic carbocycles. The van der Waals surface area contributed by atoms with Crippen molar-refractivity contribution in [2.45, 2.75) is 45.6 Å². The van der Waals surface area contributed by atoms with Crippen LogP contribution in [-0.4, -0.2) is 6.04 Å². The lowest BCUT2D eigenvalue weighted by Gasteiger charge is -1.94. The van der Waals surface area contributed by atoms with E-state index in [9.17, 15) is 0 Å². The Hall–Kier alpha value is -0.300. The van der Waals surface area contributed by atoms with Crippen LogP contribution >= 0.6 is 0 Å². The molecule has 0 rings (SSSR count). The molecule has 0 heterocycles. The van der Waals surface area contributed by atoms with Crippen molar-refractivity contribution in [3.05, 3.63) is 12.2 Å². The predicted octanol–water partition coefficient (Wildman–Crippen LogP) is 2.47. The molecule has 0 amide bonds. The first-order valence-corrected chi connectivity index (χ1v) is 4.19. The van der Waals surface area contributed by atoms with E-state index in [1.165, 1.54) is 25.7 Å². The Morgan fingerprint density at radius 2 is 2.10 bits per heavy atom. The number of allylic oxidation sites excluding steroid dienone is 1. The van der Waals surface area contributed by atoms with Crippen LogP contribution in [0.1, 0.15) is 39.5 Å². The van der Waals surface area contributed by atoms with E-state index in [0.717, 1.165) is 0 Å². The third-order valence-electron chi connectivity index (χ3n) is 1.41. The Kier molecular flexibility index (Phi) is 6.61. The summed E-state index contributed by atoms with van der Waals surface area (Å²) in [6.07, 6.45) is 9.38. The van der Waals surface area contributed by atoms with Crippen LogP contribution in [0.15, 0.2) is 12.2 Å². The third kappa shape index (κ3) is 7.70. The first kappa shape index (κ1) is 9.70. The fraction of sp³-hybridized carbons (Fsp3) is 0.778. The fourth-order valence-corrected chi connectivity index (χ4v) is 0.823. The topological polar surface area (TPSA) is 26.0 Å². The van der Waals surface area contributed by atoms with Gasteiger partial charge < -0.3 is 5.73 Å². The second-order valence-electron chi connectivity index (χ2n) is 2.78. The zero-order chi connectivity index (χ0) is 7.82. The molecule has 0 aromatic rings. The van der Waals surface area contributed by atoms with Crippen LogP contribution in [0.25, 0.3) is 0 Å². The largest absolute Gasteiger partial charge is 0.325 e. The van der Waals surface area contributed by atoms with Crippen LogP contribution in [0, 0.1) is 0 Å². The van der Waals surface area contributed by atoms with Crippen LogP contribution < -0.4 is 5.73 Å². The fourth-order valence-electron chi connectivity index (χ4n) is 0.823. The first-order chi connectivity index (χ1) is 4.77. The lowest BCUT2D eigenvalue weighted by molar-refractivity contribution is 0.726. The third-order valence-corrected chi connectivity index (χ3v) is 1.41. The van der Waals surface area contributed by atoms with Gasteiger partial charge in [-0.05, 0) is 19.8 Å². The molecule has 1 nitrogen and oxygen atoms in total. The van der Waals surface area contributed by atoms with E-state index in [0.29, 0.717) is 0 Å². The van der Waals surface area contributed by atoms with Crippen molar-refractivity contribution in [2.75, 3.05) is 0 Å². The molecule has 1 heteroatoms. The van der Waals surface area contributed by atoms with Crippen LogP contribution in [0.3, 0.4) is 0 Å². The molecule has 10 heavy (non-hydrogen) atoms. The van der Waals surface area contributed by atoms with Crippen LogP contribution in [0.2, 0.25) is 0 Å². The maximum atomic E-state index is 5.52. The van der Waals surface area contributed by atoms with E-state index in [2.05, 4.69) is 19.1 Å². The summed E-state index contributed by atoms with van der Waals surface area (Å²) in [6, 6.07) is 0.224. The molecular weight excluding hydrogens is 122 g/mol. The van der Waals surface area contributed by atoms with Crippen molar-refractivity contribution in [3.63, 3.8) is 0 Å². The quantitative estimate of drug-likeness (QED) is 0.462. The zero-order valence-electron chi connectivity index (χ0n) is 7.14. The van der Waals surface area contributed by atoms with E-state index in [1.807, 2.05) is 6.92 Å². The van der Waals surface area contributed by atoms with Crippen molar-refractivity contribution in [1.82, 2.24) is 0 Å². The molecule has 0 aliphatic carbocycles. The Bertz CT molecular complexity index is 84.7. The second-order valence-corrected chi connectivity index (χ2v) is 2.78. The summed E-state index contributed by atoms with van der Waals surface area (Å²) in [5.74, 6) is 0. The van der Waals surface area contributed by atoms with Crippen molar-refractivity contribution in [1.29, 1.82) is 0 Å². The average Bonchev–Trinajstić information content (AvgIpc) is 1.87. The molecule has 0 aromatic heterocycles. The summed E-state index contributed by atoms with van der Waals surface area (Å²) in [7, 11) is 0. The molecule has 0 radical (unpaired) electrons. The lowest BCUT2D eigenvalue weighted by Crippen LogP contribution is -2.09. The highest BCUT2D eigenvalue weighted by molar-refractivity contribution is 4.88. The van der Waals surface area contributed by atoms with Crippen molar-refractivity contribution >= 4 is 0 Å². The van der Waals surface area contributed by atoms with Gasteiger partial charge in [-0.15, -0.1) is 0 Å². The standard InChI is InChI=1S/C9H19N/c1-3-4-5-6-7-8-9(2)10/h7-9H,3-6,10H2,1-2H3. The Morgan fingerprint density at radius 1 is 1.40 bits per heavy atom. The van der Waals surface area contributed by atoms with E-state index in [4.69, 9.17) is 5.73 Å². The number of hydrogen-bond acceptors (Lipinski definition) is 1. The van der Waals surface area contributed by atoms with Gasteiger partial charge in [-0.25, -0.2) is 0 Å². The molecule has 0 fully saturated rings. The summed E-state index contributed by atoms with van der Waals surface area (Å²) >= 11 is 0. The molecule has 0 saturated carbocycles. The van der Waals surface area contributed by atoms with E-state index in [1.54, 1.807) is 0 Å². The van der Waals surface area contributed by atoms with Gasteiger partial charge in [0.25, 0.3) is 0 Å². The Balaban J connectivity index is 3.02. The Morgan fingerprint density at radius 3 is 2.60 bits per heavy atom. The SMILES string of the molecule is CCCCCC=CC(C)N. The highest BCUT2D eigenvalue weighted by Gasteiger charge is 1.83. The van der Waals surface area contributed by atoms with Gasteiger partial charge in [-0.3, -0.25) is 0 Å². The van der Waals surface area contributed by atoms with Gasteiger partial charge in [-0.1, -0.05) is 31.9 Å². The molecule has 0 spiro atoms.